The first-order valence-corrected chi connectivity index (χ1v) is 38.2. The third-order valence-electron chi connectivity index (χ3n) is 15.8. The Balaban J connectivity index is 2.07. The molecule has 3 heterocycles. The van der Waals surface area contributed by atoms with Gasteiger partial charge in [0.2, 0.25) is 70.9 Å². The molecule has 0 aliphatic carbocycles. The van der Waals surface area contributed by atoms with Crippen LogP contribution in [0.1, 0.15) is 76.2 Å². The van der Waals surface area contributed by atoms with Gasteiger partial charge in [0.25, 0.3) is 0 Å². The van der Waals surface area contributed by atoms with E-state index in [9.17, 15) is 73.2 Å². The number of nitrogens with two attached hydrogens (primary N) is 9. The molecule has 12 amide bonds. The van der Waals surface area contributed by atoms with Crippen molar-refractivity contribution in [1.29, 1.82) is 0 Å². The van der Waals surface area contributed by atoms with Crippen LogP contribution < -0.4 is 110 Å². The standard InChI is InChI=1S/C59H95N25O18S4/c60-22-42(87)73-37-24-103-104-25-38-50(96)75-30(6-1-15-69-56(61)62)44(90)78-34(20-28-11-13-29(86)14-12-28)47(93)74-31(7-2-16-70-57(63)64)45(91)82-39(51(97)77-33(55(101)102)9-4-18-72-59(67)68)26-105-106-27-40(83-49(37)95)52(98)80-36(23-85)48(94)79-35(21-43(88)89)54(100)84-19-5-10-41(84)53(99)76-32(46(92)81-38)8-3-17-71-58(65)66/h11-14,30-41,85-86H,1-10,15-27,60H2,(H,73,87)(H,74,93)(H,75,96)(H,76,99)(H,77,97)(H,78,90)(H,79,94)(H,80,98)(H,81,92)(H,82,91)(H,83,95)(H,88,89)(H,101,102)(H4,61,62,69)(H4,63,64,70)(H4,65,66,71)(H4,67,68,72)/t30-,31-,32-,33-,34-,35-,36-,37-,38-,39+,40-,41-/m0/s1. The molecule has 106 heavy (non-hydrogen) atoms. The second kappa shape index (κ2) is 46.1. The Labute approximate surface area is 623 Å². The predicted molar refractivity (Wildman–Crippen MR) is 393 cm³/mol. The number of nitrogens with zero attached hydrogens (tertiary/aromatic N) is 5. The number of fused-ring (bicyclic) bond motifs is 9. The third kappa shape index (κ3) is 31.8. The number of aromatic hydroxyl groups is 1. The van der Waals surface area contributed by atoms with Gasteiger partial charge < -0.3 is 135 Å². The molecule has 0 spiro atoms. The molecule has 4 rings (SSSR count). The summed E-state index contributed by atoms with van der Waals surface area (Å²) in [6, 6.07) is -15.4. The molecule has 588 valence electrons. The largest absolute Gasteiger partial charge is 0.508 e. The monoisotopic (exact) mass is 1570 g/mol. The second-order valence-electron chi connectivity index (χ2n) is 24.0. The van der Waals surface area contributed by atoms with Crippen LogP contribution in [0, 0.1) is 0 Å². The van der Waals surface area contributed by atoms with Gasteiger partial charge in [0, 0.05) is 62.2 Å². The highest BCUT2D eigenvalue weighted by atomic mass is 33.1. The molecule has 1 aromatic rings. The first kappa shape index (κ1) is 88.4. The van der Waals surface area contributed by atoms with E-state index in [1.165, 1.54) is 24.3 Å². The summed E-state index contributed by atoms with van der Waals surface area (Å²) in [5, 5.41) is 68.7. The van der Waals surface area contributed by atoms with Crippen molar-refractivity contribution < 1.29 is 87.5 Å². The average molecular weight is 1570 g/mol. The molecule has 0 unspecified atom stereocenters. The first-order valence-electron chi connectivity index (χ1n) is 33.2. The maximum atomic E-state index is 15.1. The van der Waals surface area contributed by atoms with Crippen molar-refractivity contribution in [3.05, 3.63) is 29.8 Å². The van der Waals surface area contributed by atoms with Gasteiger partial charge in [-0.15, -0.1) is 0 Å². The van der Waals surface area contributed by atoms with Gasteiger partial charge in [0.1, 0.15) is 78.3 Å². The first-order chi connectivity index (χ1) is 50.3. The fourth-order valence-electron chi connectivity index (χ4n) is 10.4. The van der Waals surface area contributed by atoms with E-state index in [1.807, 2.05) is 0 Å². The lowest BCUT2D eigenvalue weighted by molar-refractivity contribution is -0.146. The van der Waals surface area contributed by atoms with Gasteiger partial charge >= 0.3 is 11.9 Å². The zero-order valence-corrected chi connectivity index (χ0v) is 60.8. The summed E-state index contributed by atoms with van der Waals surface area (Å²) in [6.45, 7) is -2.57. The summed E-state index contributed by atoms with van der Waals surface area (Å²) in [6.07, 6.45) is -2.72. The fourth-order valence-corrected chi connectivity index (χ4v) is 15.1. The average Bonchev–Trinajstić information content (AvgIpc) is 1.65. The summed E-state index contributed by atoms with van der Waals surface area (Å²) in [7, 11) is 3.10. The van der Waals surface area contributed by atoms with Gasteiger partial charge in [0.05, 0.1) is 19.6 Å². The van der Waals surface area contributed by atoms with Crippen molar-refractivity contribution in [2.45, 2.75) is 150 Å². The number of carboxylic acid groups (broad SMARTS) is 2. The van der Waals surface area contributed by atoms with Crippen LogP contribution >= 0.6 is 43.2 Å². The summed E-state index contributed by atoms with van der Waals surface area (Å²) in [4.78, 5) is 217. The number of phenols is 1. The molecular weight excluding hydrogens is 1480 g/mol. The number of phenolic OH excluding ortho intramolecular Hbond substituents is 1. The highest BCUT2D eigenvalue weighted by molar-refractivity contribution is 8.77. The van der Waals surface area contributed by atoms with Crippen molar-refractivity contribution in [3.8, 4) is 5.75 Å². The minimum Gasteiger partial charge on any atom is -0.508 e. The Hall–Kier alpha value is -10.00. The van der Waals surface area contributed by atoms with Gasteiger partial charge in [0.15, 0.2) is 23.8 Å². The number of carbonyl (C=O) groups is 14. The lowest BCUT2D eigenvalue weighted by atomic mass is 10.0. The molecule has 1 aromatic carbocycles. The summed E-state index contributed by atoms with van der Waals surface area (Å²) in [5.74, 6) is -19.9. The normalized spacial score (nSPS) is 24.1. The number of guanidine groups is 4. The number of aliphatic imine (C=N–C) groups is 4. The zero-order valence-electron chi connectivity index (χ0n) is 57.6. The number of benzene rings is 1. The molecule has 12 atom stereocenters. The van der Waals surface area contributed by atoms with E-state index in [-0.39, 0.29) is 133 Å². The molecule has 2 bridgehead atoms. The Bertz CT molecular complexity index is 3360. The molecule has 0 saturated carbocycles. The van der Waals surface area contributed by atoms with Crippen LogP contribution in [0.15, 0.2) is 44.2 Å². The van der Waals surface area contributed by atoms with Crippen LogP contribution in [-0.4, -0.2) is 273 Å². The summed E-state index contributed by atoms with van der Waals surface area (Å²) >= 11 is 0. The van der Waals surface area contributed by atoms with Crippen molar-refractivity contribution in [2.24, 2.45) is 71.6 Å². The maximum absolute atomic E-state index is 15.1. The van der Waals surface area contributed by atoms with Gasteiger partial charge in [-0.1, -0.05) is 55.3 Å². The van der Waals surface area contributed by atoms with Crippen LogP contribution in [0.3, 0.4) is 0 Å². The molecular formula is C59H95N25O18S4. The van der Waals surface area contributed by atoms with E-state index in [1.54, 1.807) is 0 Å². The van der Waals surface area contributed by atoms with E-state index in [2.05, 4.69) is 78.5 Å². The highest BCUT2D eigenvalue weighted by Gasteiger charge is 2.42. The smallest absolute Gasteiger partial charge is 0.326 e. The van der Waals surface area contributed by atoms with Crippen molar-refractivity contribution in [3.63, 3.8) is 0 Å². The van der Waals surface area contributed by atoms with Gasteiger partial charge in [-0.05, 0) is 81.9 Å². The van der Waals surface area contributed by atoms with Crippen LogP contribution in [0.5, 0.6) is 5.75 Å². The van der Waals surface area contributed by atoms with Crippen LogP contribution in [-0.2, 0) is 73.5 Å². The number of aliphatic hydroxyl groups excluding tert-OH is 1. The predicted octanol–water partition coefficient (Wildman–Crippen LogP) is -10.2. The Morgan fingerprint density at radius 2 is 0.962 bits per heavy atom. The maximum Gasteiger partial charge on any atom is 0.326 e. The molecule has 47 heteroatoms. The van der Waals surface area contributed by atoms with Crippen molar-refractivity contribution in [1.82, 2.24) is 63.4 Å². The molecule has 3 aliphatic rings. The number of nitrogens with one attached hydrogen (secondary N) is 11. The van der Waals surface area contributed by atoms with Crippen molar-refractivity contribution >= 4 is 150 Å². The van der Waals surface area contributed by atoms with Crippen LogP contribution in [0.2, 0.25) is 0 Å². The van der Waals surface area contributed by atoms with Gasteiger partial charge in [-0.3, -0.25) is 82.3 Å². The molecule has 3 aliphatic heterocycles. The summed E-state index contributed by atoms with van der Waals surface area (Å²) < 4.78 is 0. The quantitative estimate of drug-likeness (QED) is 0.0177. The number of aliphatic carboxylic acids is 2. The van der Waals surface area contributed by atoms with E-state index in [0.717, 1.165) is 48.1 Å². The highest BCUT2D eigenvalue weighted by Crippen LogP contribution is 2.27. The lowest BCUT2D eigenvalue weighted by Gasteiger charge is -2.30. The minimum atomic E-state index is -2.03. The number of hydrogen-bond donors (Lipinski definition) is 24. The zero-order chi connectivity index (χ0) is 78.6. The lowest BCUT2D eigenvalue weighted by Crippen LogP contribution is -2.61. The Morgan fingerprint density at radius 3 is 1.47 bits per heavy atom. The Morgan fingerprint density at radius 1 is 0.528 bits per heavy atom. The second-order valence-corrected chi connectivity index (χ2v) is 29.2. The van der Waals surface area contributed by atoms with Gasteiger partial charge in [-0.25, -0.2) is 4.79 Å². The number of carboxylic acids is 2. The molecule has 0 radical (unpaired) electrons. The van der Waals surface area contributed by atoms with Crippen LogP contribution in [0.25, 0.3) is 0 Å². The van der Waals surface area contributed by atoms with Crippen molar-refractivity contribution in [2.75, 3.05) is 68.9 Å². The van der Waals surface area contributed by atoms with Crippen LogP contribution in [0.4, 0.5) is 0 Å². The Kier molecular flexibility index (Phi) is 38.4. The van der Waals surface area contributed by atoms with Gasteiger partial charge in [-0.2, -0.15) is 0 Å². The topological polar surface area (TPSA) is 739 Å². The molecule has 33 N–H and O–H groups in total. The van der Waals surface area contributed by atoms with E-state index >= 15 is 14.4 Å². The number of carbonyl (C=O) groups excluding carboxylic acids is 12. The number of amides is 12. The van der Waals surface area contributed by atoms with E-state index < -0.39 is 198 Å². The fraction of sp³-hybridized carbons (Fsp3) is 0.593. The molecule has 43 nitrogen and oxygen atoms in total. The molecule has 0 aromatic heterocycles. The van der Waals surface area contributed by atoms with E-state index in [0.29, 0.717) is 5.56 Å². The SMILES string of the molecule is NCC(=O)N[C@H]1CSSC[C@@H]2NC(=O)[C@H](CCCN=C(N)N)NC(=O)[C@@H]3CCCN3C(=O)[C@H](CC(=O)O)NC(=O)[C@H](CO)NC(=O)[C@H](CSSC[C@H](C(=O)N[C@@H](CCCN=C(N)N)C(=O)O)NC(=O)[C@H](CCCN=C(N)N)NC(=O)[C@H](Cc3ccc(O)cc3)NC(=O)[C@H](CCCN=C(N)N)NC2=O)NC1=O. The minimum absolute atomic E-state index is 0.0134. The number of hydrogen-bond acceptors (Lipinski definition) is 25. The summed E-state index contributed by atoms with van der Waals surface area (Å²) in [5.41, 5.74) is 50.5. The molecule has 3 saturated heterocycles. The number of rotatable bonds is 26. The number of aliphatic hydroxyl groups is 1. The molecule has 3 fully saturated rings. The third-order valence-corrected chi connectivity index (χ3v) is 20.6. The van der Waals surface area contributed by atoms with E-state index in [4.69, 9.17) is 51.6 Å².